The van der Waals surface area contributed by atoms with Crippen molar-refractivity contribution in [3.8, 4) is 0 Å². The largest absolute Gasteiger partial charge is 0.361 e. The molecule has 0 fully saturated rings. The summed E-state index contributed by atoms with van der Waals surface area (Å²) in [7, 11) is 0. The molecule has 3 heterocycles. The first-order valence-corrected chi connectivity index (χ1v) is 9.46. The molecule has 0 spiro atoms. The second-order valence-electron chi connectivity index (χ2n) is 7.14. The molecule has 0 saturated heterocycles. The highest BCUT2D eigenvalue weighted by Gasteiger charge is 2.25. The Morgan fingerprint density at radius 1 is 1.04 bits per heavy atom. The predicted octanol–water partition coefficient (Wildman–Crippen LogP) is 3.50. The van der Waals surface area contributed by atoms with Gasteiger partial charge in [-0.1, -0.05) is 10.3 Å². The highest BCUT2D eigenvalue weighted by atomic mass is 16.5. The van der Waals surface area contributed by atoms with Crippen molar-refractivity contribution >= 4 is 5.91 Å². The smallest absolute Gasteiger partial charge is 0.274 e. The minimum Gasteiger partial charge on any atom is -0.361 e. The Morgan fingerprint density at radius 3 is 2.25 bits per heavy atom. The van der Waals surface area contributed by atoms with Crippen molar-refractivity contribution in [3.05, 3.63) is 51.0 Å². The minimum absolute atomic E-state index is 0.197. The highest BCUT2D eigenvalue weighted by Crippen LogP contribution is 2.25. The van der Waals surface area contributed by atoms with Crippen molar-refractivity contribution < 1.29 is 13.8 Å². The quantitative estimate of drug-likeness (QED) is 0.697. The number of carbonyl (C=O) groups excluding carboxylic acids is 1. The summed E-state index contributed by atoms with van der Waals surface area (Å²) in [5.74, 6) is 1.08. The highest BCUT2D eigenvalue weighted by molar-refractivity contribution is 5.94. The Kier molecular flexibility index (Phi) is 5.40. The van der Waals surface area contributed by atoms with E-state index in [2.05, 4.69) is 20.7 Å². The maximum atomic E-state index is 13.0. The molecular formula is C20H27N5O3. The Hall–Kier alpha value is -2.90. The van der Waals surface area contributed by atoms with Gasteiger partial charge in [0.2, 0.25) is 0 Å². The summed E-state index contributed by atoms with van der Waals surface area (Å²) in [6.07, 6.45) is 0.486. The Labute approximate surface area is 164 Å². The monoisotopic (exact) mass is 385 g/mol. The van der Waals surface area contributed by atoms with Crippen molar-refractivity contribution in [3.63, 3.8) is 0 Å². The molecule has 0 unspecified atom stereocenters. The van der Waals surface area contributed by atoms with Gasteiger partial charge in [-0.05, 0) is 48.5 Å². The fourth-order valence-electron chi connectivity index (χ4n) is 3.69. The van der Waals surface area contributed by atoms with Crippen LogP contribution in [0.5, 0.6) is 0 Å². The van der Waals surface area contributed by atoms with Gasteiger partial charge in [0, 0.05) is 35.3 Å². The molecule has 0 aliphatic heterocycles. The number of hydrogen-bond donors (Lipinski definition) is 1. The molecule has 150 valence electrons. The SMILES string of the molecule is CCn1nc(C)c([C@@H](C)NC(=O)c2noc(C)c2Cc2c(C)noc2C)c1C. The topological polar surface area (TPSA) is 99.0 Å². The van der Waals surface area contributed by atoms with Gasteiger partial charge in [0.05, 0.1) is 17.4 Å². The van der Waals surface area contributed by atoms with Crippen LogP contribution < -0.4 is 5.32 Å². The Balaban J connectivity index is 1.85. The van der Waals surface area contributed by atoms with Crippen LogP contribution >= 0.6 is 0 Å². The molecule has 0 aromatic carbocycles. The van der Waals surface area contributed by atoms with Crippen LogP contribution in [-0.4, -0.2) is 26.0 Å². The average molecular weight is 385 g/mol. The number of nitrogens with zero attached hydrogens (tertiary/aromatic N) is 4. The van der Waals surface area contributed by atoms with E-state index in [0.717, 1.165) is 46.1 Å². The van der Waals surface area contributed by atoms with E-state index in [0.29, 0.717) is 17.9 Å². The fourth-order valence-corrected chi connectivity index (χ4v) is 3.69. The minimum atomic E-state index is -0.269. The molecule has 0 radical (unpaired) electrons. The predicted molar refractivity (Wildman–Crippen MR) is 103 cm³/mol. The lowest BCUT2D eigenvalue weighted by Crippen LogP contribution is -2.28. The van der Waals surface area contributed by atoms with E-state index in [9.17, 15) is 4.79 Å². The van der Waals surface area contributed by atoms with Gasteiger partial charge < -0.3 is 14.4 Å². The number of amides is 1. The lowest BCUT2D eigenvalue weighted by atomic mass is 10.0. The first kappa shape index (κ1) is 19.9. The van der Waals surface area contributed by atoms with Gasteiger partial charge in [-0.3, -0.25) is 9.48 Å². The van der Waals surface area contributed by atoms with Crippen molar-refractivity contribution in [1.29, 1.82) is 0 Å². The van der Waals surface area contributed by atoms with Crippen LogP contribution in [0, 0.1) is 34.6 Å². The van der Waals surface area contributed by atoms with Gasteiger partial charge in [0.1, 0.15) is 11.5 Å². The molecule has 1 N–H and O–H groups in total. The first-order chi connectivity index (χ1) is 13.2. The van der Waals surface area contributed by atoms with Gasteiger partial charge in [-0.25, -0.2) is 0 Å². The van der Waals surface area contributed by atoms with E-state index in [1.165, 1.54) is 0 Å². The molecule has 3 rings (SSSR count). The lowest BCUT2D eigenvalue weighted by molar-refractivity contribution is 0.0930. The molecule has 8 heteroatoms. The number of rotatable bonds is 6. The fraction of sp³-hybridized carbons (Fsp3) is 0.500. The van der Waals surface area contributed by atoms with Crippen LogP contribution in [0.3, 0.4) is 0 Å². The van der Waals surface area contributed by atoms with Crippen LogP contribution in [0.15, 0.2) is 9.05 Å². The summed E-state index contributed by atoms with van der Waals surface area (Å²) in [6.45, 7) is 14.3. The number of carbonyl (C=O) groups is 1. The van der Waals surface area contributed by atoms with Crippen LogP contribution in [0.1, 0.15) is 75.7 Å². The summed E-state index contributed by atoms with van der Waals surface area (Å²) < 4.78 is 12.5. The molecule has 0 bridgehead atoms. The van der Waals surface area contributed by atoms with Crippen molar-refractivity contribution in [2.75, 3.05) is 0 Å². The molecule has 1 atom stereocenters. The number of aryl methyl sites for hydroxylation is 5. The van der Waals surface area contributed by atoms with Crippen LogP contribution in [0.25, 0.3) is 0 Å². The molecule has 3 aromatic rings. The maximum absolute atomic E-state index is 13.0. The molecule has 3 aromatic heterocycles. The Morgan fingerprint density at radius 2 is 1.68 bits per heavy atom. The van der Waals surface area contributed by atoms with E-state index in [-0.39, 0.29) is 11.9 Å². The van der Waals surface area contributed by atoms with E-state index >= 15 is 0 Å². The summed E-state index contributed by atoms with van der Waals surface area (Å²) in [5, 5.41) is 15.6. The van der Waals surface area contributed by atoms with E-state index in [1.807, 2.05) is 46.2 Å². The van der Waals surface area contributed by atoms with Gasteiger partial charge in [0.25, 0.3) is 5.91 Å². The van der Waals surface area contributed by atoms with Crippen LogP contribution in [0.4, 0.5) is 0 Å². The average Bonchev–Trinajstić information content (AvgIpc) is 3.26. The number of aromatic nitrogens is 4. The molecule has 8 nitrogen and oxygen atoms in total. The normalized spacial score (nSPS) is 12.4. The standard InChI is InChI=1S/C20H27N5O3/c1-8-25-13(5)18(12(4)22-25)11(3)21-20(26)19-17(15(7)28-24-19)9-16-10(2)23-27-14(16)6/h11H,8-9H2,1-7H3,(H,21,26)/t11-/m1/s1. The van der Waals surface area contributed by atoms with Gasteiger partial charge in [-0.15, -0.1) is 0 Å². The number of hydrogen-bond acceptors (Lipinski definition) is 6. The summed E-state index contributed by atoms with van der Waals surface area (Å²) >= 11 is 0. The zero-order chi connectivity index (χ0) is 20.6. The van der Waals surface area contributed by atoms with Crippen molar-refractivity contribution in [1.82, 2.24) is 25.4 Å². The second kappa shape index (κ2) is 7.61. The van der Waals surface area contributed by atoms with E-state index < -0.39 is 0 Å². The first-order valence-electron chi connectivity index (χ1n) is 9.46. The third-order valence-corrected chi connectivity index (χ3v) is 5.25. The Bertz CT molecular complexity index is 992. The van der Waals surface area contributed by atoms with E-state index in [1.54, 1.807) is 6.92 Å². The summed E-state index contributed by atoms with van der Waals surface area (Å²) in [5.41, 5.74) is 5.79. The van der Waals surface area contributed by atoms with Crippen molar-refractivity contribution in [2.24, 2.45) is 0 Å². The molecule has 0 aliphatic carbocycles. The van der Waals surface area contributed by atoms with Gasteiger partial charge in [-0.2, -0.15) is 5.10 Å². The van der Waals surface area contributed by atoms with Crippen LogP contribution in [0.2, 0.25) is 0 Å². The van der Waals surface area contributed by atoms with E-state index in [4.69, 9.17) is 9.05 Å². The zero-order valence-electron chi connectivity index (χ0n) is 17.5. The van der Waals surface area contributed by atoms with Gasteiger partial charge >= 0.3 is 0 Å². The second-order valence-corrected chi connectivity index (χ2v) is 7.14. The third kappa shape index (κ3) is 3.46. The molecule has 28 heavy (non-hydrogen) atoms. The van der Waals surface area contributed by atoms with Crippen LogP contribution in [-0.2, 0) is 13.0 Å². The summed E-state index contributed by atoms with van der Waals surface area (Å²) in [4.78, 5) is 13.0. The molecule has 1 amide bonds. The molecule has 0 saturated carbocycles. The van der Waals surface area contributed by atoms with Crippen molar-refractivity contribution in [2.45, 2.75) is 67.5 Å². The third-order valence-electron chi connectivity index (χ3n) is 5.25. The zero-order valence-corrected chi connectivity index (χ0v) is 17.5. The number of nitrogens with one attached hydrogen (secondary N) is 1. The lowest BCUT2D eigenvalue weighted by Gasteiger charge is -2.14. The molecule has 0 aliphatic rings. The summed E-state index contributed by atoms with van der Waals surface area (Å²) in [6, 6.07) is -0.197. The molecular weight excluding hydrogens is 358 g/mol. The van der Waals surface area contributed by atoms with Gasteiger partial charge in [0.15, 0.2) is 5.69 Å². The maximum Gasteiger partial charge on any atom is 0.274 e.